The second-order valence-electron chi connectivity index (χ2n) is 6.61. The zero-order valence-electron chi connectivity index (χ0n) is 15.0. The summed E-state index contributed by atoms with van der Waals surface area (Å²) in [5.41, 5.74) is 0.239. The minimum atomic E-state index is -4.39. The number of rotatable bonds is 5. The van der Waals surface area contributed by atoms with E-state index in [1.807, 2.05) is 0 Å². The molecule has 0 unspecified atom stereocenters. The van der Waals surface area contributed by atoms with Crippen molar-refractivity contribution in [3.63, 3.8) is 0 Å². The molecule has 3 rings (SSSR count). The van der Waals surface area contributed by atoms with Gasteiger partial charge in [-0.3, -0.25) is 0 Å². The van der Waals surface area contributed by atoms with E-state index in [0.29, 0.717) is 12.2 Å². The Morgan fingerprint density at radius 2 is 2.04 bits per heavy atom. The van der Waals surface area contributed by atoms with E-state index < -0.39 is 38.1 Å². The van der Waals surface area contributed by atoms with Gasteiger partial charge in [0.2, 0.25) is 5.95 Å². The van der Waals surface area contributed by atoms with Gasteiger partial charge < -0.3 is 10.2 Å². The van der Waals surface area contributed by atoms with Crippen LogP contribution in [0.3, 0.4) is 0 Å². The summed E-state index contributed by atoms with van der Waals surface area (Å²) in [4.78, 5) is 4.21. The van der Waals surface area contributed by atoms with E-state index in [4.69, 9.17) is 0 Å². The Hall–Kier alpha value is -2.13. The SMILES string of the molecule is Cc1c(N(C)[C@H]2CCNC2)cc(F)c(S(=O)(=O)Cc2cccc(F)n2)c1F. The quantitative estimate of drug-likeness (QED) is 0.783. The molecule has 27 heavy (non-hydrogen) atoms. The predicted molar refractivity (Wildman–Crippen MR) is 95.9 cm³/mol. The number of anilines is 1. The summed E-state index contributed by atoms with van der Waals surface area (Å²) in [5.74, 6) is -3.94. The standard InChI is InChI=1S/C18H20F3N3O2S/c1-11-15(24(2)13-6-7-22-9-13)8-14(19)18(17(11)21)27(25,26)10-12-4-3-5-16(20)23-12/h3-5,8,13,22H,6-7,9-10H2,1-2H3/t13-/m0/s1. The molecule has 0 saturated carbocycles. The van der Waals surface area contributed by atoms with Crippen LogP contribution in [-0.2, 0) is 15.6 Å². The molecule has 9 heteroatoms. The summed E-state index contributed by atoms with van der Waals surface area (Å²) >= 11 is 0. The predicted octanol–water partition coefficient (Wildman–Crippen LogP) is 2.58. The molecule has 1 atom stereocenters. The molecule has 146 valence electrons. The number of aromatic nitrogens is 1. The Kier molecular flexibility index (Phi) is 5.43. The van der Waals surface area contributed by atoms with Crippen molar-refractivity contribution in [3.05, 3.63) is 53.1 Å². The minimum absolute atomic E-state index is 0.0524. The molecule has 1 N–H and O–H groups in total. The van der Waals surface area contributed by atoms with Crippen molar-refractivity contribution in [2.45, 2.75) is 30.0 Å². The van der Waals surface area contributed by atoms with Crippen molar-refractivity contribution in [1.82, 2.24) is 10.3 Å². The molecule has 0 aliphatic carbocycles. The van der Waals surface area contributed by atoms with E-state index in [9.17, 15) is 21.6 Å². The molecule has 0 amide bonds. The highest BCUT2D eigenvalue weighted by molar-refractivity contribution is 7.90. The zero-order valence-corrected chi connectivity index (χ0v) is 15.8. The van der Waals surface area contributed by atoms with Gasteiger partial charge in [0, 0.05) is 30.9 Å². The Morgan fingerprint density at radius 3 is 2.67 bits per heavy atom. The fraction of sp³-hybridized carbons (Fsp3) is 0.389. The average molecular weight is 399 g/mol. The van der Waals surface area contributed by atoms with Crippen LogP contribution in [-0.4, -0.2) is 39.6 Å². The molecule has 1 aromatic carbocycles. The van der Waals surface area contributed by atoms with Gasteiger partial charge in [-0.1, -0.05) is 6.07 Å². The van der Waals surface area contributed by atoms with Crippen LogP contribution in [0.2, 0.25) is 0 Å². The number of hydrogen-bond acceptors (Lipinski definition) is 5. The lowest BCUT2D eigenvalue weighted by Crippen LogP contribution is -2.34. The van der Waals surface area contributed by atoms with Crippen LogP contribution >= 0.6 is 0 Å². The zero-order chi connectivity index (χ0) is 19.8. The fourth-order valence-electron chi connectivity index (χ4n) is 3.30. The first kappa shape index (κ1) is 19.6. The number of sulfone groups is 1. The third-order valence-electron chi connectivity index (χ3n) is 4.78. The second kappa shape index (κ2) is 7.47. The molecule has 1 saturated heterocycles. The molecular weight excluding hydrogens is 379 g/mol. The molecule has 5 nitrogen and oxygen atoms in total. The number of benzene rings is 1. The number of nitrogens with one attached hydrogen (secondary N) is 1. The number of pyridine rings is 1. The fourth-order valence-corrected chi connectivity index (χ4v) is 4.77. The van der Waals surface area contributed by atoms with E-state index in [2.05, 4.69) is 10.3 Å². The second-order valence-corrected chi connectivity index (χ2v) is 8.54. The van der Waals surface area contributed by atoms with Crippen molar-refractivity contribution in [2.75, 3.05) is 25.0 Å². The van der Waals surface area contributed by atoms with Crippen LogP contribution in [0, 0.1) is 24.5 Å². The van der Waals surface area contributed by atoms with Crippen molar-refractivity contribution in [1.29, 1.82) is 0 Å². The van der Waals surface area contributed by atoms with Crippen molar-refractivity contribution < 1.29 is 21.6 Å². The summed E-state index contributed by atoms with van der Waals surface area (Å²) in [7, 11) is -2.66. The van der Waals surface area contributed by atoms with Crippen molar-refractivity contribution in [3.8, 4) is 0 Å². The molecule has 0 radical (unpaired) electrons. The molecule has 2 heterocycles. The third kappa shape index (κ3) is 3.93. The van der Waals surface area contributed by atoms with E-state index in [1.165, 1.54) is 19.1 Å². The summed E-state index contributed by atoms with van der Waals surface area (Å²) < 4.78 is 67.9. The highest BCUT2D eigenvalue weighted by Crippen LogP contribution is 2.32. The number of nitrogens with zero attached hydrogens (tertiary/aromatic N) is 2. The maximum atomic E-state index is 14.9. The van der Waals surface area contributed by atoms with Crippen LogP contribution in [0.25, 0.3) is 0 Å². The first-order chi connectivity index (χ1) is 12.7. The van der Waals surface area contributed by atoms with Crippen LogP contribution in [0.15, 0.2) is 29.2 Å². The Labute approximate surface area is 156 Å². The van der Waals surface area contributed by atoms with Crippen LogP contribution in [0.1, 0.15) is 17.7 Å². The smallest absolute Gasteiger partial charge is 0.213 e. The maximum Gasteiger partial charge on any atom is 0.213 e. The summed E-state index contributed by atoms with van der Waals surface area (Å²) in [6, 6.07) is 4.76. The van der Waals surface area contributed by atoms with E-state index in [-0.39, 0.29) is 17.3 Å². The van der Waals surface area contributed by atoms with E-state index in [0.717, 1.165) is 25.1 Å². The van der Waals surface area contributed by atoms with Gasteiger partial charge >= 0.3 is 0 Å². The molecule has 1 aromatic heterocycles. The highest BCUT2D eigenvalue weighted by Gasteiger charge is 2.30. The Morgan fingerprint density at radius 1 is 1.30 bits per heavy atom. The first-order valence-corrected chi connectivity index (χ1v) is 10.1. The number of likely N-dealkylation sites (N-methyl/N-ethyl adjacent to an activating group) is 1. The summed E-state index contributed by atoms with van der Waals surface area (Å²) in [6.07, 6.45) is 0.824. The summed E-state index contributed by atoms with van der Waals surface area (Å²) in [6.45, 7) is 2.92. The largest absolute Gasteiger partial charge is 0.370 e. The van der Waals surface area contributed by atoms with Crippen LogP contribution < -0.4 is 10.2 Å². The number of hydrogen-bond donors (Lipinski definition) is 1. The van der Waals surface area contributed by atoms with Crippen LogP contribution in [0.5, 0.6) is 0 Å². The molecule has 1 fully saturated rings. The molecule has 1 aliphatic rings. The topological polar surface area (TPSA) is 62.3 Å². The minimum Gasteiger partial charge on any atom is -0.370 e. The molecule has 0 bridgehead atoms. The molecule has 0 spiro atoms. The van der Waals surface area contributed by atoms with E-state index >= 15 is 0 Å². The maximum absolute atomic E-state index is 14.9. The van der Waals surface area contributed by atoms with Gasteiger partial charge in [0.15, 0.2) is 9.84 Å². The Bertz CT molecular complexity index is 961. The van der Waals surface area contributed by atoms with Gasteiger partial charge in [0.1, 0.15) is 16.5 Å². The van der Waals surface area contributed by atoms with Gasteiger partial charge in [-0.2, -0.15) is 4.39 Å². The van der Waals surface area contributed by atoms with Gasteiger partial charge in [-0.15, -0.1) is 0 Å². The normalized spacial score (nSPS) is 17.3. The Balaban J connectivity index is 1.99. The lowest BCUT2D eigenvalue weighted by atomic mass is 10.1. The summed E-state index contributed by atoms with van der Waals surface area (Å²) in [5, 5.41) is 3.18. The van der Waals surface area contributed by atoms with Crippen molar-refractivity contribution >= 4 is 15.5 Å². The molecular formula is C18H20F3N3O2S. The highest BCUT2D eigenvalue weighted by atomic mass is 32.2. The molecule has 2 aromatic rings. The molecule has 1 aliphatic heterocycles. The monoisotopic (exact) mass is 399 g/mol. The third-order valence-corrected chi connectivity index (χ3v) is 6.45. The van der Waals surface area contributed by atoms with Gasteiger partial charge in [-0.05, 0) is 38.1 Å². The van der Waals surface area contributed by atoms with Crippen LogP contribution in [0.4, 0.5) is 18.9 Å². The average Bonchev–Trinajstić information content (AvgIpc) is 3.11. The van der Waals surface area contributed by atoms with Crippen molar-refractivity contribution in [2.24, 2.45) is 0 Å². The lowest BCUT2D eigenvalue weighted by Gasteiger charge is -2.28. The van der Waals surface area contributed by atoms with Gasteiger partial charge in [0.05, 0.1) is 11.4 Å². The number of halogens is 3. The first-order valence-electron chi connectivity index (χ1n) is 8.47. The van der Waals surface area contributed by atoms with Gasteiger partial charge in [-0.25, -0.2) is 22.2 Å². The van der Waals surface area contributed by atoms with E-state index in [1.54, 1.807) is 11.9 Å². The lowest BCUT2D eigenvalue weighted by molar-refractivity contribution is 0.512. The van der Waals surface area contributed by atoms with Gasteiger partial charge in [0.25, 0.3) is 0 Å².